The van der Waals surface area contributed by atoms with Crippen LogP contribution in [0.1, 0.15) is 24.3 Å². The topological polar surface area (TPSA) is 59.1 Å². The molecule has 0 N–H and O–H groups in total. The van der Waals surface area contributed by atoms with Gasteiger partial charge in [0.2, 0.25) is 5.91 Å². The number of hydrogen-bond donors (Lipinski definition) is 0. The summed E-state index contributed by atoms with van der Waals surface area (Å²) in [5, 5.41) is 3.69. The van der Waals surface area contributed by atoms with Gasteiger partial charge in [0, 0.05) is 4.88 Å². The van der Waals surface area contributed by atoms with Crippen LogP contribution in [-0.2, 0) is 14.4 Å². The van der Waals surface area contributed by atoms with Gasteiger partial charge in [-0.1, -0.05) is 31.2 Å². The van der Waals surface area contributed by atoms with Crippen molar-refractivity contribution in [3.05, 3.63) is 77.0 Å². The second kappa shape index (κ2) is 8.17. The molecule has 0 radical (unpaired) electrons. The van der Waals surface area contributed by atoms with E-state index < -0.39 is 12.0 Å². The number of fused-ring (bicyclic) bond motifs is 1. The second-order valence-electron chi connectivity index (χ2n) is 7.53. The van der Waals surface area contributed by atoms with Crippen LogP contribution >= 0.6 is 11.3 Å². The summed E-state index contributed by atoms with van der Waals surface area (Å²) in [6.07, 6.45) is 0.0592. The molecular weight excluding hydrogens is 412 g/mol. The van der Waals surface area contributed by atoms with Crippen LogP contribution in [0.3, 0.4) is 0 Å². The number of nitrogens with zero attached hydrogens (tertiary/aromatic N) is 2. The zero-order chi connectivity index (χ0) is 21.4. The number of para-hydroxylation sites is 1. The van der Waals surface area contributed by atoms with Crippen molar-refractivity contribution in [1.82, 2.24) is 0 Å². The maximum Gasteiger partial charge on any atom is 0.266 e. The van der Waals surface area contributed by atoms with E-state index in [1.807, 2.05) is 54.8 Å². The normalized spacial score (nSPS) is 22.8. The van der Waals surface area contributed by atoms with Gasteiger partial charge in [0.25, 0.3) is 5.91 Å². The van der Waals surface area contributed by atoms with E-state index in [1.54, 1.807) is 40.7 Å². The van der Waals surface area contributed by atoms with E-state index in [0.29, 0.717) is 18.0 Å². The SMILES string of the molecule is CCCOc1ccc(N2C(=O)C3ON(c4ccccc4)C(c4cccs4)C3C2=O)cc1. The van der Waals surface area contributed by atoms with E-state index in [-0.39, 0.29) is 17.9 Å². The maximum absolute atomic E-state index is 13.5. The predicted molar refractivity (Wildman–Crippen MR) is 119 cm³/mol. The van der Waals surface area contributed by atoms with Crippen LogP contribution in [0.25, 0.3) is 0 Å². The molecule has 0 aliphatic carbocycles. The van der Waals surface area contributed by atoms with E-state index in [0.717, 1.165) is 17.0 Å². The third-order valence-corrected chi connectivity index (χ3v) is 6.47. The van der Waals surface area contributed by atoms with Crippen molar-refractivity contribution < 1.29 is 19.2 Å². The Hall–Kier alpha value is -3.16. The van der Waals surface area contributed by atoms with E-state index >= 15 is 0 Å². The molecule has 0 bridgehead atoms. The first-order valence-electron chi connectivity index (χ1n) is 10.3. The Labute approximate surface area is 184 Å². The quantitative estimate of drug-likeness (QED) is 0.531. The summed E-state index contributed by atoms with van der Waals surface area (Å²) in [6.45, 7) is 2.66. The number of imide groups is 1. The molecule has 31 heavy (non-hydrogen) atoms. The van der Waals surface area contributed by atoms with Gasteiger partial charge in [0.1, 0.15) is 17.7 Å². The van der Waals surface area contributed by atoms with Crippen molar-refractivity contribution in [1.29, 1.82) is 0 Å². The van der Waals surface area contributed by atoms with Gasteiger partial charge in [0.15, 0.2) is 6.10 Å². The highest BCUT2D eigenvalue weighted by molar-refractivity contribution is 7.10. The molecular formula is C24H22N2O4S. The highest BCUT2D eigenvalue weighted by Gasteiger charge is 2.60. The molecule has 2 aliphatic rings. The Morgan fingerprint density at radius 3 is 2.39 bits per heavy atom. The fourth-order valence-electron chi connectivity index (χ4n) is 4.13. The molecule has 1 aromatic heterocycles. The maximum atomic E-state index is 13.5. The third-order valence-electron chi connectivity index (χ3n) is 5.53. The van der Waals surface area contributed by atoms with Crippen LogP contribution in [0, 0.1) is 5.92 Å². The van der Waals surface area contributed by atoms with E-state index in [2.05, 4.69) is 0 Å². The molecule has 2 fully saturated rings. The molecule has 2 amide bonds. The summed E-state index contributed by atoms with van der Waals surface area (Å²) in [7, 11) is 0. The van der Waals surface area contributed by atoms with E-state index in [9.17, 15) is 9.59 Å². The number of amides is 2. The highest BCUT2D eigenvalue weighted by Crippen LogP contribution is 2.48. The van der Waals surface area contributed by atoms with Gasteiger partial charge < -0.3 is 4.74 Å². The highest BCUT2D eigenvalue weighted by atomic mass is 32.1. The van der Waals surface area contributed by atoms with Gasteiger partial charge in [0.05, 0.1) is 18.0 Å². The molecule has 3 aromatic rings. The molecule has 2 saturated heterocycles. The number of ether oxygens (including phenoxy) is 1. The number of carbonyl (C=O) groups excluding carboxylic acids is 2. The minimum absolute atomic E-state index is 0.242. The van der Waals surface area contributed by atoms with Gasteiger partial charge in [-0.2, -0.15) is 0 Å². The van der Waals surface area contributed by atoms with Gasteiger partial charge >= 0.3 is 0 Å². The predicted octanol–water partition coefficient (Wildman–Crippen LogP) is 4.59. The number of thiophene rings is 1. The van der Waals surface area contributed by atoms with Gasteiger partial charge in [-0.3, -0.25) is 14.4 Å². The lowest BCUT2D eigenvalue weighted by Crippen LogP contribution is -2.37. The Balaban J connectivity index is 1.47. The fraction of sp³-hybridized carbons (Fsp3) is 0.250. The number of hydroxylamine groups is 1. The minimum atomic E-state index is -0.851. The van der Waals surface area contributed by atoms with Crippen LogP contribution in [0.4, 0.5) is 11.4 Å². The summed E-state index contributed by atoms with van der Waals surface area (Å²) >= 11 is 1.56. The third kappa shape index (κ3) is 3.40. The molecule has 3 heterocycles. The first kappa shape index (κ1) is 19.8. The number of benzene rings is 2. The fourth-order valence-corrected chi connectivity index (χ4v) is 4.98. The van der Waals surface area contributed by atoms with Gasteiger partial charge in [-0.25, -0.2) is 9.96 Å². The van der Waals surface area contributed by atoms with Crippen LogP contribution in [-0.4, -0.2) is 24.5 Å². The largest absolute Gasteiger partial charge is 0.494 e. The molecule has 0 saturated carbocycles. The van der Waals surface area contributed by atoms with Crippen LogP contribution in [0.15, 0.2) is 72.1 Å². The average molecular weight is 435 g/mol. The molecule has 3 atom stereocenters. The molecule has 2 aliphatic heterocycles. The number of anilines is 2. The lowest BCUT2D eigenvalue weighted by atomic mass is 9.95. The van der Waals surface area contributed by atoms with Crippen molar-refractivity contribution in [3.63, 3.8) is 0 Å². The summed E-state index contributed by atoms with van der Waals surface area (Å²) < 4.78 is 5.61. The first-order valence-corrected chi connectivity index (χ1v) is 11.2. The summed E-state index contributed by atoms with van der Waals surface area (Å²) in [5.41, 5.74) is 1.35. The van der Waals surface area contributed by atoms with Crippen molar-refractivity contribution in [2.45, 2.75) is 25.5 Å². The number of rotatable bonds is 6. The van der Waals surface area contributed by atoms with Crippen LogP contribution < -0.4 is 14.7 Å². The smallest absolute Gasteiger partial charge is 0.266 e. The monoisotopic (exact) mass is 434 g/mol. The number of carbonyl (C=O) groups is 2. The summed E-state index contributed by atoms with van der Waals surface area (Å²) in [5.74, 6) is -0.471. The van der Waals surface area contributed by atoms with Crippen molar-refractivity contribution in [2.75, 3.05) is 16.6 Å². The summed E-state index contributed by atoms with van der Waals surface area (Å²) in [6, 6.07) is 20.2. The molecule has 0 spiro atoms. The lowest BCUT2D eigenvalue weighted by Gasteiger charge is -2.27. The van der Waals surface area contributed by atoms with Crippen molar-refractivity contribution in [2.24, 2.45) is 5.92 Å². The Morgan fingerprint density at radius 1 is 0.935 bits per heavy atom. The van der Waals surface area contributed by atoms with Crippen molar-refractivity contribution >= 4 is 34.5 Å². The Morgan fingerprint density at radius 2 is 1.71 bits per heavy atom. The van der Waals surface area contributed by atoms with Crippen molar-refractivity contribution in [3.8, 4) is 5.75 Å². The van der Waals surface area contributed by atoms with Gasteiger partial charge in [-0.15, -0.1) is 11.3 Å². The number of hydrogen-bond acceptors (Lipinski definition) is 6. The molecule has 2 aromatic carbocycles. The average Bonchev–Trinajstić information content (AvgIpc) is 3.51. The van der Waals surface area contributed by atoms with Gasteiger partial charge in [-0.05, 0) is 54.3 Å². The molecule has 7 heteroatoms. The first-order chi connectivity index (χ1) is 15.2. The Bertz CT molecular complexity index is 1070. The Kier molecular flexibility index (Phi) is 5.21. The zero-order valence-electron chi connectivity index (χ0n) is 17.0. The molecule has 5 rings (SSSR count). The van der Waals surface area contributed by atoms with Crippen LogP contribution in [0.5, 0.6) is 5.75 Å². The zero-order valence-corrected chi connectivity index (χ0v) is 17.8. The lowest BCUT2D eigenvalue weighted by molar-refractivity contribution is -0.126. The molecule has 6 nitrogen and oxygen atoms in total. The van der Waals surface area contributed by atoms with E-state index in [1.165, 1.54) is 4.90 Å². The molecule has 158 valence electrons. The van der Waals surface area contributed by atoms with E-state index in [4.69, 9.17) is 9.57 Å². The van der Waals surface area contributed by atoms with Crippen LogP contribution in [0.2, 0.25) is 0 Å². The second-order valence-corrected chi connectivity index (χ2v) is 8.51. The minimum Gasteiger partial charge on any atom is -0.494 e. The molecule has 3 unspecified atom stereocenters. The summed E-state index contributed by atoms with van der Waals surface area (Å²) in [4.78, 5) is 35.1. The standard InChI is InChI=1S/C24H22N2O4S/c1-2-14-29-18-12-10-16(11-13-18)25-23(27)20-21(19-9-6-15-31-19)26(30-22(20)24(25)28)17-7-4-3-5-8-17/h3-13,15,20-22H,2,14H2,1H3.